The standard InChI is InChI=1S/C27H32N2O5.ClH/c1-20(18-33-23-12-14-24(15-13-23)34-19-27(28)32)29(16-25(30)21-8-4-2-5-9-21)17-26(31)22-10-6-3-7-11-22;/h2-15,20,25-26,30-31H,16-19H2,1H3,(H2,28,32);1H/t20-,25+,26+;/m1./s1. The molecular formula is C27H33ClN2O5. The largest absolute Gasteiger partial charge is 0.492 e. The number of primary amides is 1. The van der Waals surface area contributed by atoms with Gasteiger partial charge in [-0.25, -0.2) is 0 Å². The van der Waals surface area contributed by atoms with Crippen molar-refractivity contribution in [2.24, 2.45) is 5.73 Å². The molecule has 0 aromatic heterocycles. The average Bonchev–Trinajstić information content (AvgIpc) is 2.87. The van der Waals surface area contributed by atoms with Gasteiger partial charge in [0.15, 0.2) is 6.61 Å². The molecular weight excluding hydrogens is 468 g/mol. The van der Waals surface area contributed by atoms with Crippen LogP contribution < -0.4 is 15.2 Å². The van der Waals surface area contributed by atoms with E-state index in [1.165, 1.54) is 0 Å². The van der Waals surface area contributed by atoms with E-state index in [-0.39, 0.29) is 25.1 Å². The first-order chi connectivity index (χ1) is 16.4. The molecule has 188 valence electrons. The molecule has 3 aromatic carbocycles. The van der Waals surface area contributed by atoms with Gasteiger partial charge in [-0.05, 0) is 42.3 Å². The molecule has 3 rings (SSSR count). The van der Waals surface area contributed by atoms with E-state index in [1.54, 1.807) is 24.3 Å². The van der Waals surface area contributed by atoms with Gasteiger partial charge in [-0.2, -0.15) is 0 Å². The molecule has 0 radical (unpaired) electrons. The molecule has 4 N–H and O–H groups in total. The quantitative estimate of drug-likeness (QED) is 0.332. The van der Waals surface area contributed by atoms with Crippen LogP contribution in [0.1, 0.15) is 30.3 Å². The third-order valence-corrected chi connectivity index (χ3v) is 5.50. The SMILES string of the molecule is C[C@H](COc1ccc(OCC(N)=O)cc1)N(C[C@H](O)c1ccccc1)C[C@H](O)c1ccccc1.Cl. The smallest absolute Gasteiger partial charge is 0.255 e. The van der Waals surface area contributed by atoms with Crippen molar-refractivity contribution < 1.29 is 24.5 Å². The number of hydrogen-bond donors (Lipinski definition) is 3. The van der Waals surface area contributed by atoms with E-state index < -0.39 is 18.1 Å². The third kappa shape index (κ3) is 9.22. The van der Waals surface area contributed by atoms with Crippen molar-refractivity contribution >= 4 is 18.3 Å². The number of aliphatic hydroxyl groups excluding tert-OH is 2. The molecule has 8 heteroatoms. The molecule has 0 heterocycles. The molecule has 0 saturated heterocycles. The first kappa shape index (κ1) is 28.1. The normalized spacial score (nSPS) is 13.4. The van der Waals surface area contributed by atoms with Gasteiger partial charge in [-0.15, -0.1) is 12.4 Å². The van der Waals surface area contributed by atoms with Crippen molar-refractivity contribution in [2.75, 3.05) is 26.3 Å². The zero-order valence-electron chi connectivity index (χ0n) is 19.7. The summed E-state index contributed by atoms with van der Waals surface area (Å²) in [4.78, 5) is 12.9. The number of carbonyl (C=O) groups is 1. The molecule has 7 nitrogen and oxygen atoms in total. The Hall–Kier alpha value is -3.10. The highest BCUT2D eigenvalue weighted by atomic mass is 35.5. The maximum Gasteiger partial charge on any atom is 0.255 e. The van der Waals surface area contributed by atoms with Crippen LogP contribution in [-0.4, -0.2) is 53.4 Å². The predicted molar refractivity (Wildman–Crippen MR) is 138 cm³/mol. The summed E-state index contributed by atoms with van der Waals surface area (Å²) >= 11 is 0. The van der Waals surface area contributed by atoms with E-state index in [2.05, 4.69) is 0 Å². The van der Waals surface area contributed by atoms with Gasteiger partial charge in [0.05, 0.1) is 12.2 Å². The maximum atomic E-state index is 10.8. The summed E-state index contributed by atoms with van der Waals surface area (Å²) in [5.41, 5.74) is 6.74. The fourth-order valence-electron chi connectivity index (χ4n) is 3.55. The summed E-state index contributed by atoms with van der Waals surface area (Å²) in [6.45, 7) is 2.86. The van der Waals surface area contributed by atoms with Crippen LogP contribution in [-0.2, 0) is 4.79 Å². The Kier molecular flexibility index (Phi) is 11.5. The second kappa shape index (κ2) is 14.3. The number of carbonyl (C=O) groups excluding carboxylic acids is 1. The van der Waals surface area contributed by atoms with E-state index in [9.17, 15) is 15.0 Å². The summed E-state index contributed by atoms with van der Waals surface area (Å²) in [7, 11) is 0. The number of halogens is 1. The van der Waals surface area contributed by atoms with E-state index >= 15 is 0 Å². The Bertz CT molecular complexity index is 958. The van der Waals surface area contributed by atoms with Gasteiger partial charge in [-0.1, -0.05) is 60.7 Å². The van der Waals surface area contributed by atoms with Crippen LogP contribution in [0, 0.1) is 0 Å². The van der Waals surface area contributed by atoms with Crippen LogP contribution >= 0.6 is 12.4 Å². The summed E-state index contributed by atoms with van der Waals surface area (Å²) in [6, 6.07) is 25.8. The van der Waals surface area contributed by atoms with Gasteiger partial charge in [0.1, 0.15) is 18.1 Å². The van der Waals surface area contributed by atoms with E-state index in [4.69, 9.17) is 15.2 Å². The van der Waals surface area contributed by atoms with Crippen molar-refractivity contribution in [2.45, 2.75) is 25.2 Å². The number of nitrogens with two attached hydrogens (primary N) is 1. The number of hydrogen-bond acceptors (Lipinski definition) is 6. The number of benzene rings is 3. The minimum absolute atomic E-state index is 0. The average molecular weight is 501 g/mol. The minimum Gasteiger partial charge on any atom is -0.492 e. The first-order valence-electron chi connectivity index (χ1n) is 11.3. The predicted octanol–water partition coefficient (Wildman–Crippen LogP) is 3.51. The molecule has 1 amide bonds. The van der Waals surface area contributed by atoms with Crippen LogP contribution in [0.5, 0.6) is 11.5 Å². The molecule has 0 saturated carbocycles. The Balaban J connectivity index is 0.00000432. The molecule has 0 aliphatic heterocycles. The zero-order chi connectivity index (χ0) is 24.3. The number of ether oxygens (including phenoxy) is 2. The summed E-state index contributed by atoms with van der Waals surface area (Å²) < 4.78 is 11.2. The monoisotopic (exact) mass is 500 g/mol. The Morgan fingerprint density at radius 3 is 1.66 bits per heavy atom. The van der Waals surface area contributed by atoms with Gasteiger partial charge < -0.3 is 25.4 Å². The van der Waals surface area contributed by atoms with Crippen molar-refractivity contribution in [3.05, 3.63) is 96.1 Å². The molecule has 0 spiro atoms. The molecule has 3 aromatic rings. The highest BCUT2D eigenvalue weighted by Gasteiger charge is 2.23. The zero-order valence-corrected chi connectivity index (χ0v) is 20.5. The fraction of sp³-hybridized carbons (Fsp3) is 0.296. The van der Waals surface area contributed by atoms with Crippen LogP contribution in [0.4, 0.5) is 0 Å². The van der Waals surface area contributed by atoms with Crippen molar-refractivity contribution in [3.8, 4) is 11.5 Å². The second-order valence-corrected chi connectivity index (χ2v) is 8.19. The Labute approximate surface area is 212 Å². The first-order valence-corrected chi connectivity index (χ1v) is 11.3. The Morgan fingerprint density at radius 2 is 1.23 bits per heavy atom. The summed E-state index contributed by atoms with van der Waals surface area (Å²) in [5, 5.41) is 21.6. The van der Waals surface area contributed by atoms with E-state index in [1.807, 2.05) is 72.5 Å². The third-order valence-electron chi connectivity index (χ3n) is 5.50. The van der Waals surface area contributed by atoms with Crippen LogP contribution in [0.3, 0.4) is 0 Å². The van der Waals surface area contributed by atoms with Crippen LogP contribution in [0.15, 0.2) is 84.9 Å². The van der Waals surface area contributed by atoms with Gasteiger partial charge in [0, 0.05) is 19.1 Å². The number of amides is 1. The van der Waals surface area contributed by atoms with Gasteiger partial charge >= 0.3 is 0 Å². The molecule has 3 atom stereocenters. The molecule has 0 aliphatic rings. The number of nitrogens with zero attached hydrogens (tertiary/aromatic N) is 1. The topological polar surface area (TPSA) is 105 Å². The number of rotatable bonds is 13. The van der Waals surface area contributed by atoms with Gasteiger partial charge in [-0.3, -0.25) is 9.69 Å². The molecule has 0 unspecified atom stereocenters. The van der Waals surface area contributed by atoms with Crippen molar-refractivity contribution in [3.63, 3.8) is 0 Å². The minimum atomic E-state index is -0.701. The van der Waals surface area contributed by atoms with E-state index in [0.29, 0.717) is 31.2 Å². The lowest BCUT2D eigenvalue weighted by Crippen LogP contribution is -2.42. The Morgan fingerprint density at radius 1 is 0.800 bits per heavy atom. The summed E-state index contributed by atoms with van der Waals surface area (Å²) in [5.74, 6) is 0.632. The van der Waals surface area contributed by atoms with Crippen LogP contribution in [0.2, 0.25) is 0 Å². The van der Waals surface area contributed by atoms with Crippen molar-refractivity contribution in [1.29, 1.82) is 0 Å². The van der Waals surface area contributed by atoms with E-state index in [0.717, 1.165) is 11.1 Å². The maximum absolute atomic E-state index is 10.8. The van der Waals surface area contributed by atoms with Crippen LogP contribution in [0.25, 0.3) is 0 Å². The lowest BCUT2D eigenvalue weighted by atomic mass is 10.1. The van der Waals surface area contributed by atoms with Crippen molar-refractivity contribution in [1.82, 2.24) is 4.90 Å². The molecule has 0 bridgehead atoms. The lowest BCUT2D eigenvalue weighted by molar-refractivity contribution is -0.119. The highest BCUT2D eigenvalue weighted by Crippen LogP contribution is 2.22. The van der Waals surface area contributed by atoms with Gasteiger partial charge in [0.2, 0.25) is 0 Å². The number of aliphatic hydroxyl groups is 2. The lowest BCUT2D eigenvalue weighted by Gasteiger charge is -2.32. The molecule has 0 fully saturated rings. The molecule has 0 aliphatic carbocycles. The highest BCUT2D eigenvalue weighted by molar-refractivity contribution is 5.85. The summed E-state index contributed by atoms with van der Waals surface area (Å²) in [6.07, 6.45) is -1.40. The fourth-order valence-corrected chi connectivity index (χ4v) is 3.55. The van der Waals surface area contributed by atoms with Gasteiger partial charge in [0.25, 0.3) is 5.91 Å². The molecule has 35 heavy (non-hydrogen) atoms. The second-order valence-electron chi connectivity index (χ2n) is 8.19.